The molecule has 0 aliphatic rings. The predicted molar refractivity (Wildman–Crippen MR) is 83.9 cm³/mol. The molecule has 0 aliphatic carbocycles. The Bertz CT molecular complexity index is 647. The highest BCUT2D eigenvalue weighted by atomic mass is 16.5. The van der Waals surface area contributed by atoms with E-state index >= 15 is 0 Å². The molecule has 0 aromatic heterocycles. The third kappa shape index (κ3) is 2.46. The molecule has 0 radical (unpaired) electrons. The van der Waals surface area contributed by atoms with Crippen LogP contribution in [0.5, 0.6) is 5.75 Å². The van der Waals surface area contributed by atoms with Crippen LogP contribution in [0.1, 0.15) is 25.0 Å². The van der Waals surface area contributed by atoms with Crippen LogP contribution in [-0.4, -0.2) is 23.3 Å². The van der Waals surface area contributed by atoms with Gasteiger partial charge in [-0.25, -0.2) is 0 Å². The molecule has 0 heterocycles. The van der Waals surface area contributed by atoms with Crippen LogP contribution in [0.15, 0.2) is 54.6 Å². The molecule has 0 spiro atoms. The zero-order chi connectivity index (χ0) is 16.4. The van der Waals surface area contributed by atoms with E-state index in [-0.39, 0.29) is 0 Å². The average molecular weight is 300 g/mol. The van der Waals surface area contributed by atoms with E-state index in [4.69, 9.17) is 4.74 Å². The first-order valence-corrected chi connectivity index (χ1v) is 7.00. The predicted octanol–water partition coefficient (Wildman–Crippen LogP) is 3.04. The van der Waals surface area contributed by atoms with E-state index < -0.39 is 17.0 Å². The van der Waals surface area contributed by atoms with Crippen molar-refractivity contribution in [3.05, 3.63) is 65.7 Å². The molecule has 0 bridgehead atoms. The maximum Gasteiger partial charge on any atom is 0.312 e. The number of rotatable bonds is 5. The molecule has 2 aromatic carbocycles. The monoisotopic (exact) mass is 300 g/mol. The van der Waals surface area contributed by atoms with Gasteiger partial charge in [0.05, 0.1) is 12.5 Å². The Morgan fingerprint density at radius 2 is 1.45 bits per heavy atom. The maximum atomic E-state index is 11.8. The van der Waals surface area contributed by atoms with Crippen LogP contribution < -0.4 is 4.74 Å². The average Bonchev–Trinajstić information content (AvgIpc) is 2.54. The second-order valence-corrected chi connectivity index (χ2v) is 5.74. The number of carboxylic acid groups (broad SMARTS) is 1. The summed E-state index contributed by atoms with van der Waals surface area (Å²) in [5.41, 5.74) is -2.03. The van der Waals surface area contributed by atoms with Crippen molar-refractivity contribution < 1.29 is 19.7 Å². The minimum atomic E-state index is -1.66. The molecule has 0 unspecified atom stereocenters. The van der Waals surface area contributed by atoms with Crippen molar-refractivity contribution in [2.45, 2.75) is 19.4 Å². The number of carboxylic acids is 1. The van der Waals surface area contributed by atoms with Crippen molar-refractivity contribution in [3.8, 4) is 5.75 Å². The van der Waals surface area contributed by atoms with Crippen molar-refractivity contribution in [1.82, 2.24) is 0 Å². The molecule has 4 heteroatoms. The number of aliphatic hydroxyl groups is 1. The Kier molecular flexibility index (Phi) is 4.24. The molecule has 22 heavy (non-hydrogen) atoms. The number of aliphatic carboxylic acids is 1. The molecule has 4 nitrogen and oxygen atoms in total. The molecule has 1 atom stereocenters. The van der Waals surface area contributed by atoms with Crippen LogP contribution in [0, 0.1) is 5.41 Å². The zero-order valence-corrected chi connectivity index (χ0v) is 12.9. The Labute approximate surface area is 130 Å². The van der Waals surface area contributed by atoms with Gasteiger partial charge in [0.1, 0.15) is 11.4 Å². The van der Waals surface area contributed by atoms with Crippen LogP contribution in [0.3, 0.4) is 0 Å². The summed E-state index contributed by atoms with van der Waals surface area (Å²) in [7, 11) is 1.56. The summed E-state index contributed by atoms with van der Waals surface area (Å²) >= 11 is 0. The van der Waals surface area contributed by atoms with Gasteiger partial charge in [-0.3, -0.25) is 4.79 Å². The van der Waals surface area contributed by atoms with Crippen molar-refractivity contribution in [3.63, 3.8) is 0 Å². The fourth-order valence-electron chi connectivity index (χ4n) is 2.55. The molecule has 2 aromatic rings. The summed E-state index contributed by atoms with van der Waals surface area (Å²) in [4.78, 5) is 11.8. The first-order valence-electron chi connectivity index (χ1n) is 7.00. The highest BCUT2D eigenvalue weighted by Gasteiger charge is 2.51. The largest absolute Gasteiger partial charge is 0.497 e. The van der Waals surface area contributed by atoms with Crippen molar-refractivity contribution in [2.75, 3.05) is 7.11 Å². The Morgan fingerprint density at radius 1 is 0.955 bits per heavy atom. The lowest BCUT2D eigenvalue weighted by Crippen LogP contribution is -2.48. The number of hydrogen-bond acceptors (Lipinski definition) is 3. The van der Waals surface area contributed by atoms with Crippen LogP contribution in [0.4, 0.5) is 0 Å². The highest BCUT2D eigenvalue weighted by Crippen LogP contribution is 2.45. The van der Waals surface area contributed by atoms with Gasteiger partial charge in [-0.1, -0.05) is 42.5 Å². The van der Waals surface area contributed by atoms with E-state index in [9.17, 15) is 15.0 Å². The second-order valence-electron chi connectivity index (χ2n) is 5.74. The normalized spacial score (nSPS) is 14.2. The molecule has 0 amide bonds. The molecular weight excluding hydrogens is 280 g/mol. The second kappa shape index (κ2) is 5.81. The van der Waals surface area contributed by atoms with Crippen LogP contribution in [0.2, 0.25) is 0 Å². The minimum absolute atomic E-state index is 0.506. The molecule has 0 saturated heterocycles. The topological polar surface area (TPSA) is 66.8 Å². The number of hydrogen-bond donors (Lipinski definition) is 2. The fraction of sp³-hybridized carbons (Fsp3) is 0.278. The van der Waals surface area contributed by atoms with Crippen molar-refractivity contribution in [1.29, 1.82) is 0 Å². The van der Waals surface area contributed by atoms with Gasteiger partial charge in [-0.05, 0) is 37.1 Å². The Morgan fingerprint density at radius 3 is 1.91 bits per heavy atom. The third-order valence-electron chi connectivity index (χ3n) is 4.14. The van der Waals surface area contributed by atoms with Gasteiger partial charge in [-0.2, -0.15) is 0 Å². The minimum Gasteiger partial charge on any atom is -0.497 e. The molecule has 0 aliphatic heterocycles. The summed E-state index contributed by atoms with van der Waals surface area (Å²) in [5, 5.41) is 21.0. The van der Waals surface area contributed by atoms with Crippen LogP contribution >= 0.6 is 0 Å². The van der Waals surface area contributed by atoms with E-state index in [1.807, 2.05) is 6.07 Å². The molecular formula is C18H20O4. The van der Waals surface area contributed by atoms with Gasteiger partial charge < -0.3 is 14.9 Å². The van der Waals surface area contributed by atoms with Gasteiger partial charge in [0.15, 0.2) is 0 Å². The fourth-order valence-corrected chi connectivity index (χ4v) is 2.55. The van der Waals surface area contributed by atoms with Gasteiger partial charge in [0.2, 0.25) is 0 Å². The van der Waals surface area contributed by atoms with Gasteiger partial charge in [-0.15, -0.1) is 0 Å². The van der Waals surface area contributed by atoms with Gasteiger partial charge in [0, 0.05) is 0 Å². The summed E-state index contributed by atoms with van der Waals surface area (Å²) in [6.07, 6.45) is 0. The molecule has 2 N–H and O–H groups in total. The number of methoxy groups -OCH3 is 1. The molecule has 2 rings (SSSR count). The van der Waals surface area contributed by atoms with E-state index in [2.05, 4.69) is 0 Å². The number of carbonyl (C=O) groups is 1. The summed E-state index contributed by atoms with van der Waals surface area (Å²) in [6.45, 7) is 3.04. The van der Waals surface area contributed by atoms with E-state index in [0.717, 1.165) is 0 Å². The Hall–Kier alpha value is -2.33. The Balaban J connectivity index is 2.67. The molecule has 0 saturated carbocycles. The maximum absolute atomic E-state index is 11.8. The first-order chi connectivity index (χ1) is 10.3. The van der Waals surface area contributed by atoms with E-state index in [1.54, 1.807) is 55.6 Å². The zero-order valence-electron chi connectivity index (χ0n) is 12.9. The lowest BCUT2D eigenvalue weighted by atomic mass is 9.67. The molecule has 0 fully saturated rings. The molecule has 116 valence electrons. The summed E-state index contributed by atoms with van der Waals surface area (Å²) in [5.74, 6) is -0.429. The number of benzene rings is 2. The van der Waals surface area contributed by atoms with Crippen LogP contribution in [0.25, 0.3) is 0 Å². The van der Waals surface area contributed by atoms with Crippen molar-refractivity contribution in [2.24, 2.45) is 5.41 Å². The van der Waals surface area contributed by atoms with Crippen LogP contribution in [-0.2, 0) is 10.4 Å². The first kappa shape index (κ1) is 16.0. The standard InChI is InChI=1S/C18H20O4/c1-17(2,16(19)20)18(21,13-7-5-4-6-8-13)14-9-11-15(22-3)12-10-14/h4-12,21H,1-3H3,(H,19,20)/t18-/m0/s1. The van der Waals surface area contributed by atoms with Gasteiger partial charge >= 0.3 is 5.97 Å². The highest BCUT2D eigenvalue weighted by molar-refractivity contribution is 5.77. The number of ether oxygens (including phenoxy) is 1. The van der Waals surface area contributed by atoms with Crippen molar-refractivity contribution >= 4 is 5.97 Å². The van der Waals surface area contributed by atoms with E-state index in [1.165, 1.54) is 13.8 Å². The van der Waals surface area contributed by atoms with E-state index in [0.29, 0.717) is 16.9 Å². The quantitative estimate of drug-likeness (QED) is 0.890. The summed E-state index contributed by atoms with van der Waals surface area (Å²) < 4.78 is 5.12. The summed E-state index contributed by atoms with van der Waals surface area (Å²) in [6, 6.07) is 15.6. The lowest BCUT2D eigenvalue weighted by molar-refractivity contribution is -0.161. The smallest absolute Gasteiger partial charge is 0.312 e. The SMILES string of the molecule is COc1ccc([C@@](O)(c2ccccc2)C(C)(C)C(=O)O)cc1. The van der Waals surface area contributed by atoms with Gasteiger partial charge in [0.25, 0.3) is 0 Å². The lowest BCUT2D eigenvalue weighted by Gasteiger charge is -2.40. The third-order valence-corrected chi connectivity index (χ3v) is 4.14.